The van der Waals surface area contributed by atoms with Gasteiger partial charge in [0.05, 0.1) is 24.3 Å². The number of piperidine rings is 1. The number of rotatable bonds is 7. The Kier molecular flexibility index (Phi) is 10.4. The smallest absolute Gasteiger partial charge is 0.382 e. The molecule has 2 saturated heterocycles. The molecule has 6 nitrogen and oxygen atoms in total. The lowest BCUT2D eigenvalue weighted by atomic mass is 9.99. The Morgan fingerprint density at radius 2 is 1.58 bits per heavy atom. The quantitative estimate of drug-likeness (QED) is 0.270. The van der Waals surface area contributed by atoms with Gasteiger partial charge in [-0.1, -0.05) is 37.7 Å². The molecule has 2 heterocycles. The Labute approximate surface area is 250 Å². The number of halogens is 6. The van der Waals surface area contributed by atoms with Gasteiger partial charge in [0, 0.05) is 59.7 Å². The van der Waals surface area contributed by atoms with E-state index in [1.165, 1.54) is 11.0 Å². The third-order valence-corrected chi connectivity index (χ3v) is 8.28. The number of carbonyl (C=O) groups is 2. The number of benzene rings is 2. The maximum atomic E-state index is 14.3. The average Bonchev–Trinajstić information content (AvgIpc) is 2.95. The summed E-state index contributed by atoms with van der Waals surface area (Å²) in [5.41, 5.74) is -3.77. The van der Waals surface area contributed by atoms with Gasteiger partial charge < -0.3 is 19.9 Å². The third kappa shape index (κ3) is 8.47. The van der Waals surface area contributed by atoms with Crippen molar-refractivity contribution < 1.29 is 40.7 Å². The van der Waals surface area contributed by atoms with Crippen LogP contribution in [0.15, 0.2) is 52.3 Å². The zero-order chi connectivity index (χ0) is 31.4. The van der Waals surface area contributed by atoms with Crippen molar-refractivity contribution in [2.75, 3.05) is 44.7 Å². The molecule has 4 rings (SSSR count). The number of carbonyl (C=O) groups excluding carboxylic acids is 2. The highest BCUT2D eigenvalue weighted by Gasteiger charge is 2.46. The van der Waals surface area contributed by atoms with Gasteiger partial charge in [0.25, 0.3) is 0 Å². The van der Waals surface area contributed by atoms with Gasteiger partial charge in [0.15, 0.2) is 0 Å². The minimum atomic E-state index is -5.33. The first-order valence-corrected chi connectivity index (χ1v) is 14.7. The van der Waals surface area contributed by atoms with E-state index in [1.54, 1.807) is 18.2 Å². The van der Waals surface area contributed by atoms with Crippen LogP contribution in [0.4, 0.5) is 32.0 Å². The molecule has 2 aliphatic rings. The number of likely N-dealkylation sites (tertiary alicyclic amines) is 1. The van der Waals surface area contributed by atoms with Crippen molar-refractivity contribution in [2.24, 2.45) is 5.92 Å². The first-order chi connectivity index (χ1) is 20.2. The second-order valence-electron chi connectivity index (χ2n) is 10.7. The molecule has 0 unspecified atom stereocenters. The van der Waals surface area contributed by atoms with Crippen molar-refractivity contribution in [2.45, 2.75) is 54.9 Å². The first-order valence-electron chi connectivity index (χ1n) is 13.9. The van der Waals surface area contributed by atoms with Crippen molar-refractivity contribution in [1.29, 1.82) is 0 Å². The molecule has 2 amide bonds. The van der Waals surface area contributed by atoms with Gasteiger partial charge in [-0.15, -0.1) is 0 Å². The highest BCUT2D eigenvalue weighted by Crippen LogP contribution is 2.48. The molecule has 234 valence electrons. The van der Waals surface area contributed by atoms with Crippen LogP contribution in [0, 0.1) is 5.92 Å². The number of hydrogen-bond donors (Lipinski definition) is 1. The van der Waals surface area contributed by atoms with E-state index >= 15 is 0 Å². The van der Waals surface area contributed by atoms with E-state index in [0.29, 0.717) is 48.3 Å². The molecule has 2 aliphatic heterocycles. The van der Waals surface area contributed by atoms with Crippen molar-refractivity contribution >= 4 is 35.3 Å². The Morgan fingerprint density at radius 3 is 2.19 bits per heavy atom. The highest BCUT2D eigenvalue weighted by atomic mass is 32.2. The van der Waals surface area contributed by atoms with E-state index in [4.69, 9.17) is 4.74 Å². The summed E-state index contributed by atoms with van der Waals surface area (Å²) in [5.74, 6) is -0.619. The summed E-state index contributed by atoms with van der Waals surface area (Å²) in [7, 11) is 0. The summed E-state index contributed by atoms with van der Waals surface area (Å²) in [6.45, 7) is 5.87. The van der Waals surface area contributed by atoms with Crippen molar-refractivity contribution in [3.05, 3.63) is 59.2 Å². The van der Waals surface area contributed by atoms with Crippen LogP contribution in [-0.4, -0.2) is 67.0 Å². The molecule has 2 aromatic carbocycles. The van der Waals surface area contributed by atoms with Crippen molar-refractivity contribution in [3.8, 4) is 0 Å². The van der Waals surface area contributed by atoms with Gasteiger partial charge in [-0.3, -0.25) is 9.59 Å². The fourth-order valence-electron chi connectivity index (χ4n) is 5.08. The van der Waals surface area contributed by atoms with E-state index in [9.17, 15) is 35.9 Å². The molecule has 0 atom stereocenters. The minimum Gasteiger partial charge on any atom is -0.382 e. The molecule has 2 fully saturated rings. The molecule has 0 aromatic heterocycles. The number of ether oxygens (including phenoxy) is 1. The SMILES string of the molecule is CC(C)C(=O)N1CCC(Nc2cccc(Sc3ccc(/C=C/C(=O)N4CCOCC4)c(C(F)(F)F)c3C(F)(F)F)c2)CC1. The molecule has 0 bridgehead atoms. The summed E-state index contributed by atoms with van der Waals surface area (Å²) in [6.07, 6.45) is -7.63. The molecule has 0 saturated carbocycles. The molecule has 1 N–H and O–H groups in total. The van der Waals surface area contributed by atoms with Gasteiger partial charge in [0.1, 0.15) is 0 Å². The lowest BCUT2D eigenvalue weighted by Gasteiger charge is -2.34. The van der Waals surface area contributed by atoms with Gasteiger partial charge in [-0.05, 0) is 48.7 Å². The maximum Gasteiger partial charge on any atom is 0.418 e. The maximum absolute atomic E-state index is 14.3. The Bertz CT molecular complexity index is 1330. The summed E-state index contributed by atoms with van der Waals surface area (Å²) in [5, 5.41) is 3.33. The fraction of sp³-hybridized carbons (Fsp3) is 0.467. The fourth-order valence-corrected chi connectivity index (χ4v) is 6.12. The molecule has 0 spiro atoms. The lowest BCUT2D eigenvalue weighted by molar-refractivity contribution is -0.163. The predicted molar refractivity (Wildman–Crippen MR) is 152 cm³/mol. The Morgan fingerprint density at radius 1 is 0.930 bits per heavy atom. The summed E-state index contributed by atoms with van der Waals surface area (Å²) in [6, 6.07) is 8.47. The summed E-state index contributed by atoms with van der Waals surface area (Å²) < 4.78 is 90.5. The number of morpholine rings is 1. The number of amides is 2. The standard InChI is InChI=1S/C30H33F6N3O3S/c1-19(2)28(41)39-12-10-21(11-13-39)37-22-4-3-5-23(18-22)43-24-8-6-20(7-9-25(40)38-14-16-42-17-15-38)26(29(31,32)33)27(24)30(34,35)36/h3-9,18-19,21,37H,10-17H2,1-2H3/b9-7+. The normalized spacial score (nSPS) is 17.1. The molecular formula is C30H33F6N3O3S. The number of nitrogens with one attached hydrogen (secondary N) is 1. The van der Waals surface area contributed by atoms with Crippen LogP contribution < -0.4 is 5.32 Å². The number of anilines is 1. The third-order valence-electron chi connectivity index (χ3n) is 7.23. The van der Waals surface area contributed by atoms with Crippen molar-refractivity contribution in [3.63, 3.8) is 0 Å². The second-order valence-corrected chi connectivity index (χ2v) is 11.8. The van der Waals surface area contributed by atoms with Gasteiger partial charge in [-0.25, -0.2) is 0 Å². The first kappa shape index (κ1) is 32.7. The number of nitrogens with zero attached hydrogens (tertiary/aromatic N) is 2. The number of alkyl halides is 6. The van der Waals surface area contributed by atoms with Crippen LogP contribution in [0.3, 0.4) is 0 Å². The zero-order valence-corrected chi connectivity index (χ0v) is 24.5. The van der Waals surface area contributed by atoms with Gasteiger partial charge in [-0.2, -0.15) is 26.3 Å². The van der Waals surface area contributed by atoms with E-state index in [-0.39, 0.29) is 44.2 Å². The molecule has 13 heteroatoms. The Hall–Kier alpha value is -3.19. The lowest BCUT2D eigenvalue weighted by Crippen LogP contribution is -2.43. The summed E-state index contributed by atoms with van der Waals surface area (Å²) >= 11 is 0.585. The zero-order valence-electron chi connectivity index (χ0n) is 23.7. The summed E-state index contributed by atoms with van der Waals surface area (Å²) in [4.78, 5) is 27.6. The monoisotopic (exact) mass is 629 g/mol. The minimum absolute atomic E-state index is 0.0327. The van der Waals surface area contributed by atoms with Crippen LogP contribution in [-0.2, 0) is 26.7 Å². The molecule has 0 radical (unpaired) electrons. The van der Waals surface area contributed by atoms with Gasteiger partial charge >= 0.3 is 12.4 Å². The van der Waals surface area contributed by atoms with Crippen LogP contribution in [0.1, 0.15) is 43.4 Å². The van der Waals surface area contributed by atoms with E-state index < -0.39 is 39.8 Å². The van der Waals surface area contributed by atoms with E-state index in [0.717, 1.165) is 24.3 Å². The number of hydrogen-bond acceptors (Lipinski definition) is 5. The van der Waals surface area contributed by atoms with Crippen LogP contribution in [0.2, 0.25) is 0 Å². The van der Waals surface area contributed by atoms with Crippen molar-refractivity contribution in [1.82, 2.24) is 9.80 Å². The van der Waals surface area contributed by atoms with E-state index in [2.05, 4.69) is 5.32 Å². The molecule has 2 aromatic rings. The highest BCUT2D eigenvalue weighted by molar-refractivity contribution is 7.99. The largest absolute Gasteiger partial charge is 0.418 e. The molecule has 0 aliphatic carbocycles. The molecule has 43 heavy (non-hydrogen) atoms. The van der Waals surface area contributed by atoms with Gasteiger partial charge in [0.2, 0.25) is 11.8 Å². The second kappa shape index (κ2) is 13.6. The average molecular weight is 630 g/mol. The van der Waals surface area contributed by atoms with Crippen LogP contribution >= 0.6 is 11.8 Å². The van der Waals surface area contributed by atoms with Crippen LogP contribution in [0.5, 0.6) is 0 Å². The topological polar surface area (TPSA) is 61.9 Å². The van der Waals surface area contributed by atoms with Crippen LogP contribution in [0.25, 0.3) is 6.08 Å². The predicted octanol–water partition coefficient (Wildman–Crippen LogP) is 6.81. The molecular weight excluding hydrogens is 596 g/mol. The van der Waals surface area contributed by atoms with E-state index in [1.807, 2.05) is 18.7 Å². The Balaban J connectivity index is 1.57.